The van der Waals surface area contributed by atoms with Crippen molar-refractivity contribution in [1.29, 1.82) is 0 Å². The van der Waals surface area contributed by atoms with Crippen molar-refractivity contribution in [3.8, 4) is 11.5 Å². The first kappa shape index (κ1) is 15.8. The Balaban J connectivity index is 1.38. The molecule has 0 bridgehead atoms. The lowest BCUT2D eigenvalue weighted by molar-refractivity contribution is 0.118. The van der Waals surface area contributed by atoms with Crippen molar-refractivity contribution < 1.29 is 14.0 Å². The second-order valence-corrected chi connectivity index (χ2v) is 6.77. The van der Waals surface area contributed by atoms with Gasteiger partial charge in [-0.2, -0.15) is 4.98 Å². The summed E-state index contributed by atoms with van der Waals surface area (Å²) in [6, 6.07) is 2.66. The number of rotatable bonds is 6. The Morgan fingerprint density at radius 2 is 2.00 bits per heavy atom. The Kier molecular flexibility index (Phi) is 4.64. The molecular formula is C17H24N4O3. The molecule has 2 atom stereocenters. The summed E-state index contributed by atoms with van der Waals surface area (Å²) in [6.45, 7) is 4.17. The zero-order valence-corrected chi connectivity index (χ0v) is 13.8. The molecule has 7 nitrogen and oxygen atoms in total. The predicted molar refractivity (Wildman–Crippen MR) is 87.1 cm³/mol. The molecule has 2 aromatic rings. The van der Waals surface area contributed by atoms with Crippen molar-refractivity contribution in [3.05, 3.63) is 24.4 Å². The minimum atomic E-state index is 0.269. The van der Waals surface area contributed by atoms with Crippen LogP contribution in [0.3, 0.4) is 0 Å². The molecule has 0 aromatic carbocycles. The molecule has 130 valence electrons. The fourth-order valence-electron chi connectivity index (χ4n) is 3.93. The van der Waals surface area contributed by atoms with Crippen molar-refractivity contribution in [3.63, 3.8) is 0 Å². The molecular weight excluding hydrogens is 308 g/mol. The van der Waals surface area contributed by atoms with E-state index in [0.717, 1.165) is 37.4 Å². The van der Waals surface area contributed by atoms with E-state index in [9.17, 15) is 5.11 Å². The fraction of sp³-hybridized carbons (Fsp3) is 0.647. The molecule has 2 saturated heterocycles. The average molecular weight is 332 g/mol. The van der Waals surface area contributed by atoms with Crippen LogP contribution in [-0.2, 0) is 6.54 Å². The summed E-state index contributed by atoms with van der Waals surface area (Å²) >= 11 is 0. The zero-order valence-electron chi connectivity index (χ0n) is 13.8. The van der Waals surface area contributed by atoms with Gasteiger partial charge < -0.3 is 14.0 Å². The number of aliphatic hydroxyl groups is 1. The van der Waals surface area contributed by atoms with Gasteiger partial charge in [0.05, 0.1) is 25.0 Å². The van der Waals surface area contributed by atoms with Crippen molar-refractivity contribution in [2.24, 2.45) is 0 Å². The maximum absolute atomic E-state index is 9.51. The number of nitrogens with zero attached hydrogens (tertiary/aromatic N) is 4. The second-order valence-electron chi connectivity index (χ2n) is 6.77. The van der Waals surface area contributed by atoms with E-state index in [4.69, 9.17) is 8.94 Å². The van der Waals surface area contributed by atoms with Crippen LogP contribution in [0.25, 0.3) is 11.5 Å². The van der Waals surface area contributed by atoms with E-state index in [0.29, 0.717) is 24.5 Å². The highest BCUT2D eigenvalue weighted by Gasteiger charge is 2.31. The Labute approximate surface area is 141 Å². The van der Waals surface area contributed by atoms with Crippen LogP contribution in [0.5, 0.6) is 0 Å². The molecule has 7 heteroatoms. The lowest BCUT2D eigenvalue weighted by atomic mass is 10.2. The molecule has 0 amide bonds. The van der Waals surface area contributed by atoms with Gasteiger partial charge in [-0.05, 0) is 44.8 Å². The maximum atomic E-state index is 9.51. The lowest BCUT2D eigenvalue weighted by Gasteiger charge is -2.30. The van der Waals surface area contributed by atoms with Crippen LogP contribution in [0.15, 0.2) is 27.5 Å². The quantitative estimate of drug-likeness (QED) is 0.863. The molecule has 1 N–H and O–H groups in total. The summed E-state index contributed by atoms with van der Waals surface area (Å²) in [7, 11) is 0. The van der Waals surface area contributed by atoms with Crippen molar-refractivity contribution in [2.75, 3.05) is 26.2 Å². The Morgan fingerprint density at radius 1 is 1.17 bits per heavy atom. The highest BCUT2D eigenvalue weighted by molar-refractivity contribution is 5.49. The summed E-state index contributed by atoms with van der Waals surface area (Å²) < 4.78 is 10.4. The predicted octanol–water partition coefficient (Wildman–Crippen LogP) is 1.75. The van der Waals surface area contributed by atoms with Crippen LogP contribution in [0.4, 0.5) is 0 Å². The summed E-state index contributed by atoms with van der Waals surface area (Å²) in [5.41, 5.74) is 0.814. The third-order valence-electron chi connectivity index (χ3n) is 5.23. The van der Waals surface area contributed by atoms with Crippen LogP contribution in [-0.4, -0.2) is 63.4 Å². The fourth-order valence-corrected chi connectivity index (χ4v) is 3.93. The first-order chi connectivity index (χ1) is 11.8. The van der Waals surface area contributed by atoms with Gasteiger partial charge in [-0.3, -0.25) is 9.80 Å². The maximum Gasteiger partial charge on any atom is 0.261 e. The lowest BCUT2D eigenvalue weighted by Crippen LogP contribution is -2.43. The van der Waals surface area contributed by atoms with E-state index in [1.54, 1.807) is 12.5 Å². The van der Waals surface area contributed by atoms with Gasteiger partial charge in [0, 0.05) is 18.6 Å². The van der Waals surface area contributed by atoms with Gasteiger partial charge in [0.15, 0.2) is 5.82 Å². The Bertz CT molecular complexity index is 642. The summed E-state index contributed by atoms with van der Waals surface area (Å²) in [6.07, 6.45) is 7.91. The largest absolute Gasteiger partial charge is 0.472 e. The molecule has 2 aliphatic rings. The smallest absolute Gasteiger partial charge is 0.261 e. The first-order valence-corrected chi connectivity index (χ1v) is 8.77. The molecule has 2 fully saturated rings. The van der Waals surface area contributed by atoms with Crippen LogP contribution in [0.2, 0.25) is 0 Å². The molecule has 24 heavy (non-hydrogen) atoms. The number of hydrogen-bond donors (Lipinski definition) is 1. The molecule has 0 spiro atoms. The van der Waals surface area contributed by atoms with Crippen LogP contribution in [0.1, 0.15) is 31.5 Å². The number of furan rings is 1. The molecule has 4 heterocycles. The summed E-state index contributed by atoms with van der Waals surface area (Å²) in [4.78, 5) is 9.36. The minimum absolute atomic E-state index is 0.269. The highest BCUT2D eigenvalue weighted by Crippen LogP contribution is 2.25. The van der Waals surface area contributed by atoms with Crippen molar-refractivity contribution >= 4 is 0 Å². The van der Waals surface area contributed by atoms with E-state index in [1.807, 2.05) is 6.07 Å². The van der Waals surface area contributed by atoms with Gasteiger partial charge in [-0.25, -0.2) is 0 Å². The topological polar surface area (TPSA) is 78.8 Å². The van der Waals surface area contributed by atoms with E-state index in [2.05, 4.69) is 19.9 Å². The van der Waals surface area contributed by atoms with Gasteiger partial charge in [0.2, 0.25) is 0 Å². The van der Waals surface area contributed by atoms with Crippen LogP contribution >= 0.6 is 0 Å². The first-order valence-electron chi connectivity index (χ1n) is 8.77. The Hall–Kier alpha value is -1.70. The average Bonchev–Trinajstić information content (AvgIpc) is 3.36. The van der Waals surface area contributed by atoms with E-state index < -0.39 is 0 Å². The molecule has 4 rings (SSSR count). The summed E-state index contributed by atoms with van der Waals surface area (Å²) in [5.74, 6) is 1.23. The van der Waals surface area contributed by atoms with Gasteiger partial charge >= 0.3 is 0 Å². The third-order valence-corrected chi connectivity index (χ3v) is 5.23. The van der Waals surface area contributed by atoms with Crippen molar-refractivity contribution in [2.45, 2.75) is 44.3 Å². The number of aliphatic hydroxyl groups excluding tert-OH is 1. The standard InChI is InChI=1S/C17H24N4O3/c22-11-15-4-2-6-20(15)9-14-3-1-7-21(14)10-16-18-17(24-19-16)13-5-8-23-12-13/h5,8,12,14-15,22H,1-4,6-7,9-11H2. The summed E-state index contributed by atoms with van der Waals surface area (Å²) in [5, 5.41) is 13.6. The monoisotopic (exact) mass is 332 g/mol. The van der Waals surface area contributed by atoms with Gasteiger partial charge in [-0.1, -0.05) is 5.16 Å². The Morgan fingerprint density at radius 3 is 2.79 bits per heavy atom. The normalized spacial score (nSPS) is 25.7. The molecule has 2 aliphatic heterocycles. The van der Waals surface area contributed by atoms with E-state index in [-0.39, 0.29) is 6.61 Å². The number of aromatic nitrogens is 2. The third kappa shape index (κ3) is 3.24. The van der Waals surface area contributed by atoms with Gasteiger partial charge in [0.25, 0.3) is 5.89 Å². The van der Waals surface area contributed by atoms with Gasteiger partial charge in [0.1, 0.15) is 6.26 Å². The molecule has 2 aromatic heterocycles. The molecule has 0 aliphatic carbocycles. The number of hydrogen-bond acceptors (Lipinski definition) is 7. The molecule has 2 unspecified atom stereocenters. The van der Waals surface area contributed by atoms with Crippen LogP contribution in [0, 0.1) is 0 Å². The number of likely N-dealkylation sites (tertiary alicyclic amines) is 2. The zero-order chi connectivity index (χ0) is 16.4. The SMILES string of the molecule is OCC1CCCN1CC1CCCN1Cc1noc(-c2ccoc2)n1. The highest BCUT2D eigenvalue weighted by atomic mass is 16.5. The molecule has 0 radical (unpaired) electrons. The molecule has 0 saturated carbocycles. The van der Waals surface area contributed by atoms with Gasteiger partial charge in [-0.15, -0.1) is 0 Å². The van der Waals surface area contributed by atoms with Crippen LogP contribution < -0.4 is 0 Å². The van der Waals surface area contributed by atoms with E-state index in [1.165, 1.54) is 19.3 Å². The van der Waals surface area contributed by atoms with E-state index >= 15 is 0 Å². The minimum Gasteiger partial charge on any atom is -0.472 e. The van der Waals surface area contributed by atoms with Crippen molar-refractivity contribution in [1.82, 2.24) is 19.9 Å². The second kappa shape index (κ2) is 7.04.